The molecule has 0 aromatic rings. The lowest BCUT2D eigenvalue weighted by Crippen LogP contribution is -2.70. The van der Waals surface area contributed by atoms with Crippen molar-refractivity contribution in [3.63, 3.8) is 0 Å². The summed E-state index contributed by atoms with van der Waals surface area (Å²) in [7, 11) is 1.87. The predicted molar refractivity (Wildman–Crippen MR) is 71.5 cm³/mol. The van der Waals surface area contributed by atoms with Crippen molar-refractivity contribution in [3.8, 4) is 0 Å². The summed E-state index contributed by atoms with van der Waals surface area (Å²) < 4.78 is 0. The van der Waals surface area contributed by atoms with Gasteiger partial charge < -0.3 is 15.1 Å². The highest BCUT2D eigenvalue weighted by Crippen LogP contribution is 2.33. The molecule has 5 heteroatoms. The predicted octanol–water partition coefficient (Wildman–Crippen LogP) is 0.208. The Morgan fingerprint density at radius 2 is 1.89 bits per heavy atom. The molecule has 2 unspecified atom stereocenters. The van der Waals surface area contributed by atoms with Gasteiger partial charge in [-0.1, -0.05) is 19.3 Å². The largest absolute Gasteiger partial charge is 0.342 e. The van der Waals surface area contributed by atoms with E-state index in [1.54, 1.807) is 0 Å². The number of nitrogens with one attached hydrogen (secondary N) is 1. The molecule has 106 valence electrons. The van der Waals surface area contributed by atoms with Gasteiger partial charge >= 0.3 is 0 Å². The van der Waals surface area contributed by atoms with Crippen LogP contribution in [-0.4, -0.2) is 60.4 Å². The van der Waals surface area contributed by atoms with E-state index in [0.29, 0.717) is 19.0 Å². The number of piperazine rings is 2. The molecule has 3 aliphatic rings. The standard InChI is InChI=1S/C14H23N3O2/c1-16-9-11-7-15-8-12(18)17(11)13(14(16)19)10-5-3-2-4-6-10/h10-11,13,15H,2-9H2,1H3. The van der Waals surface area contributed by atoms with Gasteiger partial charge in [-0.3, -0.25) is 9.59 Å². The van der Waals surface area contributed by atoms with Gasteiger partial charge in [0.25, 0.3) is 0 Å². The first-order valence-electron chi connectivity index (χ1n) is 7.45. The average molecular weight is 265 g/mol. The molecular weight excluding hydrogens is 242 g/mol. The molecule has 0 spiro atoms. The fourth-order valence-corrected chi connectivity index (χ4v) is 3.90. The maximum absolute atomic E-state index is 12.5. The summed E-state index contributed by atoms with van der Waals surface area (Å²) in [6.45, 7) is 1.87. The number of carbonyl (C=O) groups excluding carboxylic acids is 2. The number of amides is 2. The number of likely N-dealkylation sites (N-methyl/N-ethyl adjacent to an activating group) is 1. The third kappa shape index (κ3) is 2.24. The Morgan fingerprint density at radius 1 is 1.16 bits per heavy atom. The van der Waals surface area contributed by atoms with Crippen LogP contribution in [0.3, 0.4) is 0 Å². The zero-order chi connectivity index (χ0) is 13.4. The van der Waals surface area contributed by atoms with E-state index in [4.69, 9.17) is 0 Å². The minimum atomic E-state index is -0.196. The monoisotopic (exact) mass is 265 g/mol. The molecule has 2 saturated heterocycles. The molecular formula is C14H23N3O2. The molecule has 5 nitrogen and oxygen atoms in total. The maximum atomic E-state index is 12.5. The molecule has 0 radical (unpaired) electrons. The highest BCUT2D eigenvalue weighted by Gasteiger charge is 2.46. The topological polar surface area (TPSA) is 52.7 Å². The van der Waals surface area contributed by atoms with Crippen LogP contribution < -0.4 is 5.32 Å². The second-order valence-electron chi connectivity index (χ2n) is 6.15. The van der Waals surface area contributed by atoms with E-state index in [-0.39, 0.29) is 23.9 Å². The maximum Gasteiger partial charge on any atom is 0.245 e. The summed E-state index contributed by atoms with van der Waals surface area (Å²) in [5, 5.41) is 3.16. The molecule has 3 rings (SSSR count). The summed E-state index contributed by atoms with van der Waals surface area (Å²) in [5.41, 5.74) is 0. The van der Waals surface area contributed by atoms with Crippen LogP contribution in [0.5, 0.6) is 0 Å². The van der Waals surface area contributed by atoms with E-state index in [0.717, 1.165) is 19.4 Å². The van der Waals surface area contributed by atoms with Crippen molar-refractivity contribution >= 4 is 11.8 Å². The molecule has 0 aromatic heterocycles. The molecule has 1 saturated carbocycles. The third-order valence-corrected chi connectivity index (χ3v) is 4.85. The fraction of sp³-hybridized carbons (Fsp3) is 0.857. The minimum Gasteiger partial charge on any atom is -0.342 e. The van der Waals surface area contributed by atoms with Crippen LogP contribution in [0.4, 0.5) is 0 Å². The van der Waals surface area contributed by atoms with Crippen LogP contribution in [0.2, 0.25) is 0 Å². The van der Waals surface area contributed by atoms with Gasteiger partial charge in [0.05, 0.1) is 12.6 Å². The molecule has 2 atom stereocenters. The van der Waals surface area contributed by atoms with E-state index in [2.05, 4.69) is 5.32 Å². The van der Waals surface area contributed by atoms with Crippen LogP contribution in [0.25, 0.3) is 0 Å². The van der Waals surface area contributed by atoms with Crippen LogP contribution in [-0.2, 0) is 9.59 Å². The molecule has 2 aliphatic heterocycles. The highest BCUT2D eigenvalue weighted by molar-refractivity contribution is 5.90. The van der Waals surface area contributed by atoms with Crippen LogP contribution >= 0.6 is 0 Å². The molecule has 2 amide bonds. The Balaban J connectivity index is 1.87. The molecule has 19 heavy (non-hydrogen) atoms. The first-order valence-corrected chi connectivity index (χ1v) is 7.45. The second-order valence-corrected chi connectivity index (χ2v) is 6.15. The lowest BCUT2D eigenvalue weighted by atomic mass is 9.81. The number of hydrogen-bond donors (Lipinski definition) is 1. The molecule has 0 aromatic carbocycles. The van der Waals surface area contributed by atoms with Crippen LogP contribution in [0, 0.1) is 5.92 Å². The van der Waals surface area contributed by atoms with Crippen LogP contribution in [0.15, 0.2) is 0 Å². The van der Waals surface area contributed by atoms with E-state index < -0.39 is 0 Å². The summed E-state index contributed by atoms with van der Waals surface area (Å²) in [6, 6.07) is -0.0328. The summed E-state index contributed by atoms with van der Waals surface area (Å²) in [6.07, 6.45) is 5.85. The lowest BCUT2D eigenvalue weighted by molar-refractivity contribution is -0.160. The van der Waals surface area contributed by atoms with Crippen molar-refractivity contribution < 1.29 is 9.59 Å². The summed E-state index contributed by atoms with van der Waals surface area (Å²) in [5.74, 6) is 0.625. The van der Waals surface area contributed by atoms with Crippen molar-refractivity contribution in [2.24, 2.45) is 5.92 Å². The second kappa shape index (κ2) is 5.12. The fourth-order valence-electron chi connectivity index (χ4n) is 3.90. The van der Waals surface area contributed by atoms with Gasteiger partial charge in [-0.15, -0.1) is 0 Å². The molecule has 0 bridgehead atoms. The Bertz CT molecular complexity index is 379. The van der Waals surface area contributed by atoms with E-state index in [9.17, 15) is 9.59 Å². The molecule has 2 heterocycles. The number of hydrogen-bond acceptors (Lipinski definition) is 3. The Hall–Kier alpha value is -1.10. The van der Waals surface area contributed by atoms with E-state index in [1.807, 2.05) is 16.8 Å². The average Bonchev–Trinajstić information content (AvgIpc) is 2.42. The number of carbonyl (C=O) groups is 2. The van der Waals surface area contributed by atoms with Gasteiger partial charge in [0, 0.05) is 20.1 Å². The Morgan fingerprint density at radius 3 is 2.63 bits per heavy atom. The van der Waals surface area contributed by atoms with E-state index in [1.165, 1.54) is 19.3 Å². The van der Waals surface area contributed by atoms with E-state index >= 15 is 0 Å². The third-order valence-electron chi connectivity index (χ3n) is 4.85. The van der Waals surface area contributed by atoms with Gasteiger partial charge in [0.15, 0.2) is 0 Å². The highest BCUT2D eigenvalue weighted by atomic mass is 16.2. The molecule has 3 fully saturated rings. The van der Waals surface area contributed by atoms with Crippen molar-refractivity contribution in [2.75, 3.05) is 26.7 Å². The smallest absolute Gasteiger partial charge is 0.245 e. The van der Waals surface area contributed by atoms with Crippen molar-refractivity contribution in [2.45, 2.75) is 44.2 Å². The SMILES string of the molecule is CN1CC2CNCC(=O)N2C(C2CCCCC2)C1=O. The Kier molecular flexibility index (Phi) is 3.48. The van der Waals surface area contributed by atoms with Crippen molar-refractivity contribution in [3.05, 3.63) is 0 Å². The minimum absolute atomic E-state index is 0.105. The number of nitrogens with zero attached hydrogens (tertiary/aromatic N) is 2. The van der Waals surface area contributed by atoms with Crippen molar-refractivity contribution in [1.82, 2.24) is 15.1 Å². The van der Waals surface area contributed by atoms with Gasteiger partial charge in [-0.2, -0.15) is 0 Å². The zero-order valence-corrected chi connectivity index (χ0v) is 11.6. The van der Waals surface area contributed by atoms with Gasteiger partial charge in [-0.05, 0) is 18.8 Å². The summed E-state index contributed by atoms with van der Waals surface area (Å²) >= 11 is 0. The summed E-state index contributed by atoms with van der Waals surface area (Å²) in [4.78, 5) is 28.5. The quantitative estimate of drug-likeness (QED) is 0.737. The first kappa shape index (κ1) is 12.9. The Labute approximate surface area is 114 Å². The number of rotatable bonds is 1. The number of fused-ring (bicyclic) bond motifs is 1. The van der Waals surface area contributed by atoms with Crippen molar-refractivity contribution in [1.29, 1.82) is 0 Å². The van der Waals surface area contributed by atoms with Gasteiger partial charge in [0.1, 0.15) is 6.04 Å². The van der Waals surface area contributed by atoms with Crippen LogP contribution in [0.1, 0.15) is 32.1 Å². The normalized spacial score (nSPS) is 33.5. The van der Waals surface area contributed by atoms with Gasteiger partial charge in [-0.25, -0.2) is 0 Å². The zero-order valence-electron chi connectivity index (χ0n) is 11.6. The lowest BCUT2D eigenvalue weighted by Gasteiger charge is -2.50. The van der Waals surface area contributed by atoms with Gasteiger partial charge in [0.2, 0.25) is 11.8 Å². The molecule has 1 aliphatic carbocycles. The molecule has 1 N–H and O–H groups in total. The first-order chi connectivity index (χ1) is 9.18.